The standard InChI is InChI=1S/C22H40N6O3.HI/c1-4-23-22(24-10-7-12-26-11-5-8-18(26)20(29)25(2)3)28-15-13-27(14-16-28)21(30)19-9-6-17-31-19;/h18-19H,4-17H2,1-3H3,(H,23,24);1H. The van der Waals surface area contributed by atoms with Crippen LogP contribution >= 0.6 is 24.0 Å². The van der Waals surface area contributed by atoms with Gasteiger partial charge in [0.1, 0.15) is 6.10 Å². The molecule has 0 spiro atoms. The van der Waals surface area contributed by atoms with Crippen molar-refractivity contribution in [2.24, 2.45) is 4.99 Å². The first kappa shape index (κ1) is 27.1. The fourth-order valence-corrected chi connectivity index (χ4v) is 4.67. The number of hydrogen-bond acceptors (Lipinski definition) is 5. The molecule has 2 amide bonds. The van der Waals surface area contributed by atoms with Crippen molar-refractivity contribution < 1.29 is 14.3 Å². The Morgan fingerprint density at radius 1 is 1.06 bits per heavy atom. The third-order valence-electron chi connectivity index (χ3n) is 6.39. The second kappa shape index (κ2) is 13.5. The molecule has 0 aromatic rings. The Bertz CT molecular complexity index is 633. The van der Waals surface area contributed by atoms with Crippen molar-refractivity contribution in [3.05, 3.63) is 0 Å². The van der Waals surface area contributed by atoms with Gasteiger partial charge in [0, 0.05) is 66.5 Å². The van der Waals surface area contributed by atoms with Gasteiger partial charge in [0.05, 0.1) is 6.04 Å². The number of aliphatic imine (C=N–C) groups is 1. The molecule has 9 nitrogen and oxygen atoms in total. The van der Waals surface area contributed by atoms with Gasteiger partial charge in [0.25, 0.3) is 5.91 Å². The average Bonchev–Trinajstić information content (AvgIpc) is 3.47. The van der Waals surface area contributed by atoms with Crippen LogP contribution in [0.15, 0.2) is 4.99 Å². The first-order chi connectivity index (χ1) is 15.0. The zero-order valence-corrected chi connectivity index (χ0v) is 22.3. The molecule has 0 aliphatic carbocycles. The third-order valence-corrected chi connectivity index (χ3v) is 6.39. The molecule has 32 heavy (non-hydrogen) atoms. The van der Waals surface area contributed by atoms with Crippen LogP contribution in [-0.4, -0.2) is 123 Å². The lowest BCUT2D eigenvalue weighted by atomic mass is 10.2. The number of carbonyl (C=O) groups excluding carboxylic acids is 2. The summed E-state index contributed by atoms with van der Waals surface area (Å²) in [7, 11) is 3.67. The van der Waals surface area contributed by atoms with E-state index in [1.807, 2.05) is 19.0 Å². The van der Waals surface area contributed by atoms with E-state index in [9.17, 15) is 9.59 Å². The largest absolute Gasteiger partial charge is 0.368 e. The van der Waals surface area contributed by atoms with E-state index in [1.54, 1.807) is 4.90 Å². The number of guanidine groups is 1. The summed E-state index contributed by atoms with van der Waals surface area (Å²) in [6.45, 7) is 9.23. The van der Waals surface area contributed by atoms with Gasteiger partial charge in [0.15, 0.2) is 5.96 Å². The maximum atomic E-state index is 12.6. The molecule has 0 bridgehead atoms. The molecular weight excluding hydrogens is 523 g/mol. The summed E-state index contributed by atoms with van der Waals surface area (Å²) in [4.78, 5) is 37.9. The van der Waals surface area contributed by atoms with Gasteiger partial charge in [-0.05, 0) is 45.6 Å². The second-order valence-corrected chi connectivity index (χ2v) is 8.83. The molecular formula is C22H41IN6O3. The molecule has 184 valence electrons. The monoisotopic (exact) mass is 564 g/mol. The Labute approximate surface area is 209 Å². The molecule has 0 aromatic carbocycles. The SMILES string of the molecule is CCNC(=NCCCN1CCCC1C(=O)N(C)C)N1CCN(C(=O)C2CCCO2)CC1.I. The molecule has 2 atom stereocenters. The Morgan fingerprint density at radius 2 is 1.78 bits per heavy atom. The summed E-state index contributed by atoms with van der Waals surface area (Å²) in [6, 6.07) is 0.0293. The van der Waals surface area contributed by atoms with E-state index in [2.05, 4.69) is 22.0 Å². The van der Waals surface area contributed by atoms with Gasteiger partial charge < -0.3 is 24.8 Å². The molecule has 3 rings (SSSR count). The average molecular weight is 565 g/mol. The van der Waals surface area contributed by atoms with E-state index in [0.717, 1.165) is 77.3 Å². The van der Waals surface area contributed by atoms with Crippen molar-refractivity contribution in [2.75, 3.05) is 73.1 Å². The first-order valence-electron chi connectivity index (χ1n) is 11.9. The number of halogens is 1. The number of ether oxygens (including phenoxy) is 1. The highest BCUT2D eigenvalue weighted by atomic mass is 127. The number of rotatable bonds is 7. The zero-order valence-electron chi connectivity index (χ0n) is 19.9. The van der Waals surface area contributed by atoms with E-state index in [4.69, 9.17) is 9.73 Å². The van der Waals surface area contributed by atoms with Crippen molar-refractivity contribution >= 4 is 41.8 Å². The van der Waals surface area contributed by atoms with E-state index < -0.39 is 0 Å². The van der Waals surface area contributed by atoms with Crippen LogP contribution < -0.4 is 5.32 Å². The first-order valence-corrected chi connectivity index (χ1v) is 11.9. The lowest BCUT2D eigenvalue weighted by Crippen LogP contribution is -2.55. The molecule has 10 heteroatoms. The third kappa shape index (κ3) is 7.18. The quantitative estimate of drug-likeness (QED) is 0.214. The molecule has 3 saturated heterocycles. The van der Waals surface area contributed by atoms with Crippen LogP contribution in [0.4, 0.5) is 0 Å². The summed E-state index contributed by atoms with van der Waals surface area (Å²) in [5, 5.41) is 3.40. The summed E-state index contributed by atoms with van der Waals surface area (Å²) >= 11 is 0. The normalized spacial score (nSPS) is 24.4. The van der Waals surface area contributed by atoms with Gasteiger partial charge in [0.2, 0.25) is 5.91 Å². The van der Waals surface area contributed by atoms with Gasteiger partial charge in [-0.1, -0.05) is 0 Å². The number of piperazine rings is 1. The van der Waals surface area contributed by atoms with Crippen molar-refractivity contribution in [1.29, 1.82) is 0 Å². The second-order valence-electron chi connectivity index (χ2n) is 8.83. The predicted molar refractivity (Wildman–Crippen MR) is 136 cm³/mol. The Morgan fingerprint density at radius 3 is 2.41 bits per heavy atom. The van der Waals surface area contributed by atoms with E-state index >= 15 is 0 Å². The number of nitrogens with one attached hydrogen (secondary N) is 1. The molecule has 1 N–H and O–H groups in total. The number of likely N-dealkylation sites (N-methyl/N-ethyl adjacent to an activating group) is 1. The van der Waals surface area contributed by atoms with Crippen LogP contribution in [0.1, 0.15) is 39.0 Å². The van der Waals surface area contributed by atoms with Crippen molar-refractivity contribution in [1.82, 2.24) is 24.9 Å². The minimum absolute atomic E-state index is 0. The minimum atomic E-state index is -0.234. The van der Waals surface area contributed by atoms with Crippen molar-refractivity contribution in [3.8, 4) is 0 Å². The number of amides is 2. The maximum absolute atomic E-state index is 12.6. The summed E-state index contributed by atoms with van der Waals surface area (Å²) in [6.07, 6.45) is 4.57. The van der Waals surface area contributed by atoms with Crippen LogP contribution in [0, 0.1) is 0 Å². The number of likely N-dealkylation sites (tertiary alicyclic amines) is 1. The van der Waals surface area contributed by atoms with Gasteiger partial charge in [-0.2, -0.15) is 0 Å². The molecule has 3 heterocycles. The molecule has 2 unspecified atom stereocenters. The Kier molecular flexibility index (Phi) is 11.5. The van der Waals surface area contributed by atoms with Crippen LogP contribution in [0.5, 0.6) is 0 Å². The minimum Gasteiger partial charge on any atom is -0.368 e. The summed E-state index contributed by atoms with van der Waals surface area (Å²) in [5.74, 6) is 1.28. The highest BCUT2D eigenvalue weighted by Gasteiger charge is 2.32. The molecule has 0 saturated carbocycles. The molecule has 0 aromatic heterocycles. The fraction of sp³-hybridized carbons (Fsp3) is 0.864. The number of carbonyl (C=O) groups is 2. The Hall–Kier alpha value is -1.14. The number of hydrogen-bond donors (Lipinski definition) is 1. The highest BCUT2D eigenvalue weighted by Crippen LogP contribution is 2.19. The molecule has 3 fully saturated rings. The highest BCUT2D eigenvalue weighted by molar-refractivity contribution is 14.0. The molecule has 3 aliphatic heterocycles. The zero-order chi connectivity index (χ0) is 22.2. The predicted octanol–water partition coefficient (Wildman–Crippen LogP) is 0.836. The fourth-order valence-electron chi connectivity index (χ4n) is 4.67. The van der Waals surface area contributed by atoms with Crippen LogP contribution in [0.25, 0.3) is 0 Å². The molecule has 0 radical (unpaired) electrons. The summed E-state index contributed by atoms with van der Waals surface area (Å²) in [5.41, 5.74) is 0. The van der Waals surface area contributed by atoms with Crippen LogP contribution in [-0.2, 0) is 14.3 Å². The van der Waals surface area contributed by atoms with Crippen molar-refractivity contribution in [3.63, 3.8) is 0 Å². The topological polar surface area (TPSA) is 80.7 Å². The maximum Gasteiger partial charge on any atom is 0.251 e. The lowest BCUT2D eigenvalue weighted by Gasteiger charge is -2.37. The smallest absolute Gasteiger partial charge is 0.251 e. The van der Waals surface area contributed by atoms with Gasteiger partial charge in [-0.3, -0.25) is 19.5 Å². The lowest BCUT2D eigenvalue weighted by molar-refractivity contribution is -0.142. The van der Waals surface area contributed by atoms with E-state index in [0.29, 0.717) is 19.7 Å². The van der Waals surface area contributed by atoms with Gasteiger partial charge >= 0.3 is 0 Å². The van der Waals surface area contributed by atoms with E-state index in [-0.39, 0.29) is 47.9 Å². The number of nitrogens with zero attached hydrogens (tertiary/aromatic N) is 5. The van der Waals surface area contributed by atoms with Gasteiger partial charge in [-0.25, -0.2) is 0 Å². The van der Waals surface area contributed by atoms with Crippen LogP contribution in [0.3, 0.4) is 0 Å². The van der Waals surface area contributed by atoms with Crippen molar-refractivity contribution in [2.45, 2.75) is 51.2 Å². The van der Waals surface area contributed by atoms with E-state index in [1.165, 1.54) is 0 Å². The summed E-state index contributed by atoms with van der Waals surface area (Å²) < 4.78 is 5.56. The van der Waals surface area contributed by atoms with Gasteiger partial charge in [-0.15, -0.1) is 24.0 Å². The molecule has 3 aliphatic rings. The van der Waals surface area contributed by atoms with Crippen LogP contribution in [0.2, 0.25) is 0 Å². The Balaban J connectivity index is 0.00000363.